The van der Waals surface area contributed by atoms with Crippen LogP contribution in [0.1, 0.15) is 41.0 Å². The van der Waals surface area contributed by atoms with Crippen LogP contribution in [0.5, 0.6) is 0 Å². The predicted octanol–water partition coefficient (Wildman–Crippen LogP) is 1.73. The summed E-state index contributed by atoms with van der Waals surface area (Å²) in [5.41, 5.74) is -0.517. The molecule has 108 valence electrons. The number of rotatable bonds is 7. The van der Waals surface area contributed by atoms with Gasteiger partial charge in [0.2, 0.25) is 0 Å². The summed E-state index contributed by atoms with van der Waals surface area (Å²) >= 11 is -1.08. The zero-order valence-electron chi connectivity index (χ0n) is 12.1. The van der Waals surface area contributed by atoms with Gasteiger partial charge in [-0.3, -0.25) is 4.79 Å². The Morgan fingerprint density at radius 1 is 1.39 bits per heavy atom. The number of ether oxygens (including phenoxy) is 1. The van der Waals surface area contributed by atoms with Crippen molar-refractivity contribution < 1.29 is 19.2 Å². The largest absolute Gasteiger partial charge is 0.616 e. The van der Waals surface area contributed by atoms with E-state index >= 15 is 0 Å². The first-order valence-electron chi connectivity index (χ1n) is 6.36. The molecule has 0 radical (unpaired) electrons. The first-order chi connectivity index (χ1) is 8.17. The lowest BCUT2D eigenvalue weighted by molar-refractivity contribution is -0.160. The molecule has 2 unspecified atom stereocenters. The first-order valence-corrected chi connectivity index (χ1v) is 7.85. The third-order valence-corrected chi connectivity index (χ3v) is 3.88. The van der Waals surface area contributed by atoms with Crippen LogP contribution in [0.2, 0.25) is 0 Å². The van der Waals surface area contributed by atoms with Crippen molar-refractivity contribution in [2.24, 2.45) is 11.8 Å². The minimum Gasteiger partial charge on any atom is -0.616 e. The van der Waals surface area contributed by atoms with Crippen molar-refractivity contribution in [3.05, 3.63) is 0 Å². The van der Waals surface area contributed by atoms with Crippen LogP contribution in [0, 0.1) is 11.8 Å². The van der Waals surface area contributed by atoms with E-state index in [0.717, 1.165) is 0 Å². The molecule has 0 saturated heterocycles. The van der Waals surface area contributed by atoms with Gasteiger partial charge in [0, 0.05) is 13.0 Å². The fraction of sp³-hybridized carbons (Fsp3) is 0.923. The fourth-order valence-corrected chi connectivity index (χ4v) is 2.96. The Labute approximate surface area is 113 Å². The van der Waals surface area contributed by atoms with Crippen LogP contribution in [0.15, 0.2) is 0 Å². The van der Waals surface area contributed by atoms with Crippen molar-refractivity contribution >= 4 is 17.1 Å². The van der Waals surface area contributed by atoms with E-state index in [9.17, 15) is 9.35 Å². The summed E-state index contributed by atoms with van der Waals surface area (Å²) in [4.78, 5) is 12.0. The smallest absolute Gasteiger partial charge is 0.314 e. The summed E-state index contributed by atoms with van der Waals surface area (Å²) in [6.45, 7) is 9.36. The third-order valence-electron chi connectivity index (χ3n) is 2.41. The van der Waals surface area contributed by atoms with E-state index in [4.69, 9.17) is 9.84 Å². The average Bonchev–Trinajstić information content (AvgIpc) is 2.19. The number of esters is 1. The molecule has 0 aliphatic rings. The summed E-state index contributed by atoms with van der Waals surface area (Å²) in [7, 11) is 0. The van der Waals surface area contributed by atoms with Crippen LogP contribution in [-0.2, 0) is 20.7 Å². The quantitative estimate of drug-likeness (QED) is 0.569. The van der Waals surface area contributed by atoms with Gasteiger partial charge >= 0.3 is 5.97 Å². The molecular formula is C13H26O4S. The molecule has 1 N–H and O–H groups in total. The van der Waals surface area contributed by atoms with Crippen molar-refractivity contribution in [3.8, 4) is 0 Å². The first kappa shape index (κ1) is 17.7. The van der Waals surface area contributed by atoms with Gasteiger partial charge < -0.3 is 14.4 Å². The van der Waals surface area contributed by atoms with E-state index in [1.807, 2.05) is 34.6 Å². The molecule has 0 amide bonds. The maximum absolute atomic E-state index is 12.0. The predicted molar refractivity (Wildman–Crippen MR) is 73.8 cm³/mol. The molecular weight excluding hydrogens is 252 g/mol. The van der Waals surface area contributed by atoms with Crippen molar-refractivity contribution in [2.75, 3.05) is 18.1 Å². The molecule has 0 heterocycles. The standard InChI is InChI=1S/C13H26O4S/c1-10(2)11(9-18(16)8-6-7-14)12(15)17-13(3,4)5/h10-11,14H,6-9H2,1-5H3. The lowest BCUT2D eigenvalue weighted by Gasteiger charge is -2.26. The van der Waals surface area contributed by atoms with Crippen LogP contribution in [0.4, 0.5) is 0 Å². The Balaban J connectivity index is 4.43. The zero-order valence-corrected chi connectivity index (χ0v) is 12.9. The highest BCUT2D eigenvalue weighted by atomic mass is 32.2. The van der Waals surface area contributed by atoms with Gasteiger partial charge in [0.15, 0.2) is 0 Å². The van der Waals surface area contributed by atoms with Gasteiger partial charge in [0.25, 0.3) is 0 Å². The lowest BCUT2D eigenvalue weighted by atomic mass is 9.98. The SMILES string of the molecule is CC(C)C(C[S+]([O-])CCCO)C(=O)OC(C)(C)C. The molecule has 0 saturated carbocycles. The van der Waals surface area contributed by atoms with E-state index in [1.54, 1.807) is 0 Å². The van der Waals surface area contributed by atoms with Gasteiger partial charge in [-0.1, -0.05) is 25.0 Å². The minimum atomic E-state index is -1.08. The number of carbonyl (C=O) groups is 1. The van der Waals surface area contributed by atoms with Gasteiger partial charge in [0.1, 0.15) is 23.0 Å². The molecule has 0 spiro atoms. The molecule has 18 heavy (non-hydrogen) atoms. The summed E-state index contributed by atoms with van der Waals surface area (Å²) in [6, 6.07) is 0. The Morgan fingerprint density at radius 3 is 2.33 bits per heavy atom. The van der Waals surface area contributed by atoms with Crippen molar-refractivity contribution in [1.82, 2.24) is 0 Å². The van der Waals surface area contributed by atoms with E-state index in [1.165, 1.54) is 0 Å². The van der Waals surface area contributed by atoms with Crippen molar-refractivity contribution in [2.45, 2.75) is 46.6 Å². The van der Waals surface area contributed by atoms with Gasteiger partial charge in [-0.2, -0.15) is 0 Å². The monoisotopic (exact) mass is 278 g/mol. The number of hydrogen-bond donors (Lipinski definition) is 1. The molecule has 4 nitrogen and oxygen atoms in total. The Morgan fingerprint density at radius 2 is 1.94 bits per heavy atom. The molecule has 0 aliphatic heterocycles. The Hall–Kier alpha value is -0.260. The second-order valence-electron chi connectivity index (χ2n) is 5.77. The van der Waals surface area contributed by atoms with E-state index in [2.05, 4.69) is 0 Å². The van der Waals surface area contributed by atoms with Crippen LogP contribution in [-0.4, -0.2) is 39.3 Å². The second-order valence-corrected chi connectivity index (χ2v) is 7.39. The number of aliphatic hydroxyl groups excluding tert-OH is 1. The molecule has 0 aliphatic carbocycles. The van der Waals surface area contributed by atoms with E-state index < -0.39 is 16.8 Å². The summed E-state index contributed by atoms with van der Waals surface area (Å²) in [5, 5.41) is 8.69. The fourth-order valence-electron chi connectivity index (χ4n) is 1.42. The van der Waals surface area contributed by atoms with Gasteiger partial charge in [0.05, 0.1) is 0 Å². The van der Waals surface area contributed by atoms with Gasteiger partial charge in [-0.25, -0.2) is 0 Å². The molecule has 0 aromatic carbocycles. The van der Waals surface area contributed by atoms with Crippen molar-refractivity contribution in [1.29, 1.82) is 0 Å². The lowest BCUT2D eigenvalue weighted by Crippen LogP contribution is -2.35. The average molecular weight is 278 g/mol. The molecule has 0 rings (SSSR count). The second kappa shape index (κ2) is 8.02. The van der Waals surface area contributed by atoms with Crippen molar-refractivity contribution in [3.63, 3.8) is 0 Å². The minimum absolute atomic E-state index is 0.0323. The van der Waals surface area contributed by atoms with Gasteiger partial charge in [-0.05, 0) is 26.7 Å². The molecule has 0 fully saturated rings. The third kappa shape index (κ3) is 7.95. The maximum Gasteiger partial charge on any atom is 0.314 e. The summed E-state index contributed by atoms with van der Waals surface area (Å²) in [6.07, 6.45) is 0.506. The van der Waals surface area contributed by atoms with E-state index in [0.29, 0.717) is 17.9 Å². The highest BCUT2D eigenvalue weighted by Crippen LogP contribution is 2.20. The zero-order chi connectivity index (χ0) is 14.3. The normalized spacial score (nSPS) is 15.6. The number of aliphatic hydroxyl groups is 1. The highest BCUT2D eigenvalue weighted by Gasteiger charge is 2.31. The summed E-state index contributed by atoms with van der Waals surface area (Å²) in [5.74, 6) is 0.214. The number of hydrogen-bond acceptors (Lipinski definition) is 4. The highest BCUT2D eigenvalue weighted by molar-refractivity contribution is 7.91. The maximum atomic E-state index is 12.0. The van der Waals surface area contributed by atoms with E-state index in [-0.39, 0.29) is 24.4 Å². The molecule has 2 atom stereocenters. The topological polar surface area (TPSA) is 69.6 Å². The van der Waals surface area contributed by atoms with Crippen LogP contribution in [0.25, 0.3) is 0 Å². The molecule has 5 heteroatoms. The molecule has 0 aromatic heterocycles. The van der Waals surface area contributed by atoms with Gasteiger partial charge in [-0.15, -0.1) is 0 Å². The molecule has 0 bridgehead atoms. The summed E-state index contributed by atoms with van der Waals surface area (Å²) < 4.78 is 17.1. The van der Waals surface area contributed by atoms with Crippen LogP contribution in [0.3, 0.4) is 0 Å². The molecule has 0 aromatic rings. The van der Waals surface area contributed by atoms with Crippen LogP contribution < -0.4 is 0 Å². The van der Waals surface area contributed by atoms with Crippen LogP contribution >= 0.6 is 0 Å². The number of carbonyl (C=O) groups excluding carboxylic acids is 1. The Kier molecular flexibility index (Phi) is 7.90. The Bertz CT molecular complexity index is 248.